The van der Waals surface area contributed by atoms with Crippen molar-refractivity contribution < 1.29 is 47.6 Å². The van der Waals surface area contributed by atoms with Crippen LogP contribution in [0.4, 0.5) is 17.1 Å². The number of carbonyl (C=O) groups is 2. The van der Waals surface area contributed by atoms with Crippen LogP contribution in [0, 0.1) is 0 Å². The number of carbonyl (C=O) groups excluding carboxylic acids is 2. The minimum Gasteiger partial charge on any atom is -1.00 e. The van der Waals surface area contributed by atoms with Crippen molar-refractivity contribution in [1.82, 2.24) is 4.90 Å². The average molecular weight is 698 g/mol. The van der Waals surface area contributed by atoms with Crippen LogP contribution in [0.25, 0.3) is 11.1 Å². The smallest absolute Gasteiger partial charge is 0.261 e. The number of hydrogen-bond acceptors (Lipinski definition) is 5. The molecule has 5 aromatic rings. The van der Waals surface area contributed by atoms with Crippen molar-refractivity contribution in [2.45, 2.75) is 6.42 Å². The van der Waals surface area contributed by atoms with Gasteiger partial charge in [-0.2, -0.15) is 0 Å². The van der Waals surface area contributed by atoms with Gasteiger partial charge in [0, 0.05) is 35.7 Å². The maximum absolute atomic E-state index is 13.3. The molecule has 1 aromatic heterocycles. The lowest BCUT2D eigenvalue weighted by Crippen LogP contribution is -3.00. The second kappa shape index (κ2) is 13.3. The molecule has 0 bridgehead atoms. The molecule has 0 saturated heterocycles. The number of nitrogens with zero attached hydrogens (tertiary/aromatic N) is 3. The van der Waals surface area contributed by atoms with Gasteiger partial charge in [0.05, 0.1) is 25.3 Å². The summed E-state index contributed by atoms with van der Waals surface area (Å²) in [6, 6.07) is 33.5. The molecule has 6 rings (SSSR count). The number of benzene rings is 4. The van der Waals surface area contributed by atoms with Gasteiger partial charge in [0.2, 0.25) is 0 Å². The Morgan fingerprint density at radius 2 is 1.11 bits per heavy atom. The average Bonchev–Trinajstić information content (AvgIpc) is 3.29. The number of fused-ring (bicyclic) bond motifs is 1. The van der Waals surface area contributed by atoms with Crippen molar-refractivity contribution in [2.24, 2.45) is 7.05 Å². The Morgan fingerprint density at radius 1 is 0.636 bits per heavy atom. The van der Waals surface area contributed by atoms with E-state index in [0.29, 0.717) is 24.1 Å². The molecule has 0 aliphatic carbocycles. The van der Waals surface area contributed by atoms with Crippen LogP contribution in [-0.4, -0.2) is 37.5 Å². The lowest BCUT2D eigenvalue weighted by Gasteiger charge is -2.26. The standard InChI is InChI=1S/C36H32N3O4.HI/c1-37-21-18-25(19-22-37)20-23-38-35(40)33-17-6-27(24-34(33)36(38)41)26-4-7-28(8-5-26)39(29-9-13-31(42-2)14-10-29)30-11-15-32(43-3)16-12-30;/h4-19,21-22,24H,20,23H2,1-3H3;1H/q+1;/p-1. The number of rotatable bonds is 9. The third-order valence-corrected chi connectivity index (χ3v) is 7.76. The van der Waals surface area contributed by atoms with Gasteiger partial charge >= 0.3 is 0 Å². The van der Waals surface area contributed by atoms with Gasteiger partial charge in [-0.25, -0.2) is 4.57 Å². The molecule has 44 heavy (non-hydrogen) atoms. The maximum Gasteiger partial charge on any atom is 0.261 e. The summed E-state index contributed by atoms with van der Waals surface area (Å²) < 4.78 is 12.7. The second-order valence-corrected chi connectivity index (χ2v) is 10.4. The van der Waals surface area contributed by atoms with Gasteiger partial charge in [0.1, 0.15) is 18.5 Å². The predicted octanol–water partition coefficient (Wildman–Crippen LogP) is 3.51. The van der Waals surface area contributed by atoms with Crippen LogP contribution < -0.4 is 42.9 Å². The third kappa shape index (κ3) is 6.16. The Balaban J connectivity index is 0.00000384. The summed E-state index contributed by atoms with van der Waals surface area (Å²) in [4.78, 5) is 29.9. The van der Waals surface area contributed by atoms with Gasteiger partial charge in [0.15, 0.2) is 12.4 Å². The fourth-order valence-electron chi connectivity index (χ4n) is 5.33. The highest BCUT2D eigenvalue weighted by Crippen LogP contribution is 2.37. The minimum atomic E-state index is -0.245. The molecule has 0 fully saturated rings. The maximum atomic E-state index is 13.3. The number of pyridine rings is 1. The SMILES string of the molecule is COc1ccc(N(c2ccc(OC)cc2)c2ccc(-c3ccc4c(c3)C(=O)N(CCc3cc[n+](C)cc3)C4=O)cc2)cc1.[I-]. The quantitative estimate of drug-likeness (QED) is 0.134. The van der Waals surface area contributed by atoms with Crippen molar-refractivity contribution in [3.8, 4) is 22.6 Å². The van der Waals surface area contributed by atoms with Gasteiger partial charge in [-0.05, 0) is 95.9 Å². The highest BCUT2D eigenvalue weighted by Gasteiger charge is 2.35. The van der Waals surface area contributed by atoms with E-state index in [-0.39, 0.29) is 35.8 Å². The molecule has 0 unspecified atom stereocenters. The minimum absolute atomic E-state index is 0. The summed E-state index contributed by atoms with van der Waals surface area (Å²) in [6.07, 6.45) is 4.53. The van der Waals surface area contributed by atoms with Gasteiger partial charge in [-0.15, -0.1) is 0 Å². The van der Waals surface area contributed by atoms with E-state index >= 15 is 0 Å². The summed E-state index contributed by atoms with van der Waals surface area (Å²) in [5.41, 5.74) is 6.73. The summed E-state index contributed by atoms with van der Waals surface area (Å²) in [5, 5.41) is 0. The summed E-state index contributed by atoms with van der Waals surface area (Å²) >= 11 is 0. The lowest BCUT2D eigenvalue weighted by atomic mass is 10.00. The number of methoxy groups -OCH3 is 2. The van der Waals surface area contributed by atoms with Crippen LogP contribution in [0.5, 0.6) is 11.5 Å². The Hall–Kier alpha value is -4.70. The van der Waals surface area contributed by atoms with E-state index in [4.69, 9.17) is 9.47 Å². The first-order chi connectivity index (χ1) is 20.9. The van der Waals surface area contributed by atoms with Crippen LogP contribution in [-0.2, 0) is 13.5 Å². The van der Waals surface area contributed by atoms with Gasteiger partial charge < -0.3 is 38.4 Å². The fraction of sp³-hybridized carbons (Fsp3) is 0.139. The zero-order valence-electron chi connectivity index (χ0n) is 24.7. The van der Waals surface area contributed by atoms with Crippen molar-refractivity contribution in [1.29, 1.82) is 0 Å². The lowest BCUT2D eigenvalue weighted by molar-refractivity contribution is -0.671. The molecule has 0 saturated carbocycles. The Bertz CT molecular complexity index is 1720. The molecule has 1 aliphatic rings. The largest absolute Gasteiger partial charge is 1.00 e. The fourth-order valence-corrected chi connectivity index (χ4v) is 5.33. The zero-order chi connectivity index (χ0) is 29.9. The van der Waals surface area contributed by atoms with E-state index in [0.717, 1.165) is 45.3 Å². The van der Waals surface area contributed by atoms with Crippen LogP contribution >= 0.6 is 0 Å². The van der Waals surface area contributed by atoms with Crippen molar-refractivity contribution >= 4 is 28.9 Å². The molecule has 222 valence electrons. The van der Waals surface area contributed by atoms with E-state index in [1.165, 1.54) is 4.90 Å². The van der Waals surface area contributed by atoms with Gasteiger partial charge in [-0.3, -0.25) is 14.5 Å². The van der Waals surface area contributed by atoms with Crippen LogP contribution in [0.15, 0.2) is 116 Å². The third-order valence-electron chi connectivity index (χ3n) is 7.76. The molecule has 0 atom stereocenters. The molecule has 1 aliphatic heterocycles. The van der Waals surface area contributed by atoms with E-state index in [9.17, 15) is 9.59 Å². The number of anilines is 3. The van der Waals surface area contributed by atoms with E-state index in [1.54, 1.807) is 20.3 Å². The summed E-state index contributed by atoms with van der Waals surface area (Å²) in [6.45, 7) is 0.344. The molecule has 7 nitrogen and oxygen atoms in total. The predicted molar refractivity (Wildman–Crippen MR) is 166 cm³/mol. The van der Waals surface area contributed by atoms with E-state index in [1.807, 2.05) is 109 Å². The number of hydrogen-bond donors (Lipinski definition) is 0. The summed E-state index contributed by atoms with van der Waals surface area (Å²) in [7, 11) is 5.26. The first kappa shape index (κ1) is 30.7. The number of ether oxygens (including phenoxy) is 2. The molecule has 2 heterocycles. The van der Waals surface area contributed by atoms with Gasteiger partial charge in [-0.1, -0.05) is 18.2 Å². The monoisotopic (exact) mass is 697 g/mol. The number of aryl methyl sites for hydroxylation is 1. The van der Waals surface area contributed by atoms with Crippen LogP contribution in [0.2, 0.25) is 0 Å². The molecule has 0 radical (unpaired) electrons. The van der Waals surface area contributed by atoms with E-state index < -0.39 is 0 Å². The normalized spacial score (nSPS) is 12.0. The number of imide groups is 1. The Kier molecular flexibility index (Phi) is 9.29. The number of halogens is 1. The Labute approximate surface area is 274 Å². The van der Waals surface area contributed by atoms with E-state index in [2.05, 4.69) is 17.0 Å². The number of aromatic nitrogens is 1. The first-order valence-corrected chi connectivity index (χ1v) is 14.1. The molecular formula is C36H32IN3O4. The van der Waals surface area contributed by atoms with Crippen molar-refractivity contribution in [3.63, 3.8) is 0 Å². The molecule has 0 spiro atoms. The molecule has 8 heteroatoms. The van der Waals surface area contributed by atoms with Gasteiger partial charge in [0.25, 0.3) is 11.8 Å². The summed E-state index contributed by atoms with van der Waals surface area (Å²) in [5.74, 6) is 1.08. The van der Waals surface area contributed by atoms with Crippen molar-refractivity contribution in [2.75, 3.05) is 25.7 Å². The number of amides is 2. The zero-order valence-corrected chi connectivity index (χ0v) is 26.9. The Morgan fingerprint density at radius 3 is 1.64 bits per heavy atom. The van der Waals surface area contributed by atoms with Crippen molar-refractivity contribution in [3.05, 3.63) is 132 Å². The van der Waals surface area contributed by atoms with Crippen LogP contribution in [0.3, 0.4) is 0 Å². The first-order valence-electron chi connectivity index (χ1n) is 14.1. The molecule has 4 aromatic carbocycles. The highest BCUT2D eigenvalue weighted by molar-refractivity contribution is 6.21. The molecule has 2 amide bonds. The molecular weight excluding hydrogens is 665 g/mol. The second-order valence-electron chi connectivity index (χ2n) is 10.4. The molecule has 0 N–H and O–H groups in total. The topological polar surface area (TPSA) is 63.0 Å². The van der Waals surface area contributed by atoms with Crippen LogP contribution in [0.1, 0.15) is 26.3 Å². The highest BCUT2D eigenvalue weighted by atomic mass is 127.